The highest BCUT2D eigenvalue weighted by molar-refractivity contribution is 5.26. The van der Waals surface area contributed by atoms with Crippen LogP contribution in [0.25, 0.3) is 0 Å². The molecule has 0 spiro atoms. The first-order chi connectivity index (χ1) is 7.17. The highest BCUT2D eigenvalue weighted by atomic mass is 19.1. The molecule has 0 atom stereocenters. The third-order valence-electron chi connectivity index (χ3n) is 2.59. The lowest BCUT2D eigenvalue weighted by atomic mass is 10.1. The number of nitrogens with two attached hydrogens (primary N) is 1. The summed E-state index contributed by atoms with van der Waals surface area (Å²) >= 11 is 0. The topological polar surface area (TPSA) is 29.3 Å². The number of aryl methyl sites for hydroxylation is 1. The molecule has 0 fully saturated rings. The molecule has 0 saturated carbocycles. The van der Waals surface area contributed by atoms with Gasteiger partial charge in [0.25, 0.3) is 0 Å². The van der Waals surface area contributed by atoms with Crippen molar-refractivity contribution < 1.29 is 4.39 Å². The third kappa shape index (κ3) is 3.61. The van der Waals surface area contributed by atoms with Gasteiger partial charge in [0.1, 0.15) is 5.82 Å². The number of nitrogens with zero attached hydrogens (tertiary/aromatic N) is 1. The zero-order chi connectivity index (χ0) is 11.3. The molecule has 2 nitrogen and oxygen atoms in total. The van der Waals surface area contributed by atoms with E-state index < -0.39 is 0 Å². The highest BCUT2D eigenvalue weighted by Crippen LogP contribution is 2.12. The zero-order valence-corrected chi connectivity index (χ0v) is 9.46. The van der Waals surface area contributed by atoms with Crippen LogP contribution in [0, 0.1) is 12.7 Å². The summed E-state index contributed by atoms with van der Waals surface area (Å²) in [5.41, 5.74) is 7.70. The van der Waals surface area contributed by atoms with E-state index in [9.17, 15) is 4.39 Å². The maximum Gasteiger partial charge on any atom is 0.123 e. The van der Waals surface area contributed by atoms with Gasteiger partial charge in [-0.25, -0.2) is 4.39 Å². The molecular weight excluding hydrogens is 191 g/mol. The Hall–Kier alpha value is -0.930. The van der Waals surface area contributed by atoms with Crippen molar-refractivity contribution in [2.45, 2.75) is 20.4 Å². The lowest BCUT2D eigenvalue weighted by Gasteiger charge is -2.20. The molecule has 84 valence electrons. The van der Waals surface area contributed by atoms with Gasteiger partial charge < -0.3 is 5.73 Å². The molecule has 0 aliphatic heterocycles. The van der Waals surface area contributed by atoms with E-state index in [1.807, 2.05) is 13.0 Å². The summed E-state index contributed by atoms with van der Waals surface area (Å²) in [6, 6.07) is 4.94. The van der Waals surface area contributed by atoms with E-state index in [1.54, 1.807) is 6.07 Å². The maximum absolute atomic E-state index is 12.9. The van der Waals surface area contributed by atoms with Crippen LogP contribution in [-0.2, 0) is 6.54 Å². The number of rotatable bonds is 5. The van der Waals surface area contributed by atoms with Crippen LogP contribution in [0.4, 0.5) is 4.39 Å². The smallest absolute Gasteiger partial charge is 0.123 e. The minimum atomic E-state index is -0.168. The van der Waals surface area contributed by atoms with Crippen LogP contribution in [0.5, 0.6) is 0 Å². The van der Waals surface area contributed by atoms with E-state index in [-0.39, 0.29) is 5.82 Å². The van der Waals surface area contributed by atoms with Gasteiger partial charge in [0, 0.05) is 19.6 Å². The second-order valence-electron chi connectivity index (χ2n) is 3.73. The molecule has 0 bridgehead atoms. The lowest BCUT2D eigenvalue weighted by Crippen LogP contribution is -2.29. The molecule has 0 amide bonds. The summed E-state index contributed by atoms with van der Waals surface area (Å²) in [7, 11) is 0. The van der Waals surface area contributed by atoms with E-state index in [2.05, 4.69) is 11.8 Å². The third-order valence-corrected chi connectivity index (χ3v) is 2.59. The Morgan fingerprint density at radius 1 is 1.40 bits per heavy atom. The van der Waals surface area contributed by atoms with Gasteiger partial charge in [-0.2, -0.15) is 0 Å². The molecule has 0 heterocycles. The first-order valence-electron chi connectivity index (χ1n) is 5.34. The molecular formula is C12H19FN2. The van der Waals surface area contributed by atoms with Gasteiger partial charge in [-0.3, -0.25) is 4.90 Å². The molecule has 0 saturated heterocycles. The fourth-order valence-electron chi connectivity index (χ4n) is 1.61. The Balaban J connectivity index is 2.70. The van der Waals surface area contributed by atoms with Gasteiger partial charge in [-0.15, -0.1) is 0 Å². The normalized spacial score (nSPS) is 11.0. The Bertz CT molecular complexity index is 312. The SMILES string of the molecule is CCN(CCN)Cc1ccc(F)cc1C. The molecule has 0 aliphatic carbocycles. The summed E-state index contributed by atoms with van der Waals surface area (Å²) in [6.07, 6.45) is 0. The molecule has 0 aliphatic rings. The minimum absolute atomic E-state index is 0.168. The van der Waals surface area contributed by atoms with E-state index in [4.69, 9.17) is 5.73 Å². The standard InChI is InChI=1S/C12H19FN2/c1-3-15(7-6-14)9-11-4-5-12(13)8-10(11)2/h4-5,8H,3,6-7,9,14H2,1-2H3. The Kier molecular flexibility index (Phi) is 4.72. The average molecular weight is 210 g/mol. The van der Waals surface area contributed by atoms with Crippen LogP contribution in [-0.4, -0.2) is 24.5 Å². The van der Waals surface area contributed by atoms with Crippen molar-refractivity contribution in [2.75, 3.05) is 19.6 Å². The van der Waals surface area contributed by atoms with Crippen molar-refractivity contribution in [1.29, 1.82) is 0 Å². The monoisotopic (exact) mass is 210 g/mol. The Labute approximate surface area is 90.9 Å². The van der Waals surface area contributed by atoms with Gasteiger partial charge in [0.2, 0.25) is 0 Å². The van der Waals surface area contributed by atoms with E-state index in [0.29, 0.717) is 6.54 Å². The summed E-state index contributed by atoms with van der Waals surface area (Å²) in [5.74, 6) is -0.168. The van der Waals surface area contributed by atoms with Crippen LogP contribution >= 0.6 is 0 Å². The number of hydrogen-bond donors (Lipinski definition) is 1. The van der Waals surface area contributed by atoms with Gasteiger partial charge >= 0.3 is 0 Å². The van der Waals surface area contributed by atoms with Crippen LogP contribution in [0.15, 0.2) is 18.2 Å². The Morgan fingerprint density at radius 3 is 2.67 bits per heavy atom. The maximum atomic E-state index is 12.9. The largest absolute Gasteiger partial charge is 0.329 e. The van der Waals surface area contributed by atoms with Crippen molar-refractivity contribution >= 4 is 0 Å². The van der Waals surface area contributed by atoms with E-state index in [1.165, 1.54) is 11.6 Å². The first-order valence-corrected chi connectivity index (χ1v) is 5.34. The number of hydrogen-bond acceptors (Lipinski definition) is 2. The van der Waals surface area contributed by atoms with Crippen molar-refractivity contribution in [1.82, 2.24) is 4.90 Å². The molecule has 1 aromatic rings. The summed E-state index contributed by atoms with van der Waals surface area (Å²) < 4.78 is 12.9. The first kappa shape index (κ1) is 12.1. The Morgan fingerprint density at radius 2 is 2.13 bits per heavy atom. The van der Waals surface area contributed by atoms with E-state index >= 15 is 0 Å². The van der Waals surface area contributed by atoms with Gasteiger partial charge in [0.05, 0.1) is 0 Å². The second-order valence-corrected chi connectivity index (χ2v) is 3.73. The lowest BCUT2D eigenvalue weighted by molar-refractivity contribution is 0.287. The number of halogens is 1. The van der Waals surface area contributed by atoms with Crippen LogP contribution in [0.1, 0.15) is 18.1 Å². The van der Waals surface area contributed by atoms with Crippen LogP contribution < -0.4 is 5.73 Å². The quantitative estimate of drug-likeness (QED) is 0.804. The molecule has 0 aromatic heterocycles. The molecule has 0 unspecified atom stereocenters. The number of likely N-dealkylation sites (N-methyl/N-ethyl adjacent to an activating group) is 1. The molecule has 15 heavy (non-hydrogen) atoms. The predicted molar refractivity (Wildman–Crippen MR) is 61.1 cm³/mol. The fraction of sp³-hybridized carbons (Fsp3) is 0.500. The van der Waals surface area contributed by atoms with Crippen molar-refractivity contribution in [3.05, 3.63) is 35.1 Å². The van der Waals surface area contributed by atoms with Crippen molar-refractivity contribution in [2.24, 2.45) is 5.73 Å². The van der Waals surface area contributed by atoms with Crippen LogP contribution in [0.2, 0.25) is 0 Å². The molecule has 0 radical (unpaired) electrons. The molecule has 2 N–H and O–H groups in total. The predicted octanol–water partition coefficient (Wildman–Crippen LogP) is 1.91. The van der Waals surface area contributed by atoms with Gasteiger partial charge in [0.15, 0.2) is 0 Å². The highest BCUT2D eigenvalue weighted by Gasteiger charge is 2.05. The number of benzene rings is 1. The molecule has 1 aromatic carbocycles. The summed E-state index contributed by atoms with van der Waals surface area (Å²) in [5, 5.41) is 0. The van der Waals surface area contributed by atoms with E-state index in [0.717, 1.165) is 25.2 Å². The second kappa shape index (κ2) is 5.83. The molecule has 3 heteroatoms. The zero-order valence-electron chi connectivity index (χ0n) is 9.46. The minimum Gasteiger partial charge on any atom is -0.329 e. The summed E-state index contributed by atoms with van der Waals surface area (Å²) in [4.78, 5) is 2.25. The van der Waals surface area contributed by atoms with Crippen LogP contribution in [0.3, 0.4) is 0 Å². The van der Waals surface area contributed by atoms with Gasteiger partial charge in [-0.05, 0) is 36.7 Å². The average Bonchev–Trinajstić information content (AvgIpc) is 2.21. The summed E-state index contributed by atoms with van der Waals surface area (Å²) in [6.45, 7) is 7.40. The fourth-order valence-corrected chi connectivity index (χ4v) is 1.61. The van der Waals surface area contributed by atoms with Crippen molar-refractivity contribution in [3.63, 3.8) is 0 Å². The molecule has 1 rings (SSSR count). The van der Waals surface area contributed by atoms with Crippen molar-refractivity contribution in [3.8, 4) is 0 Å². The van der Waals surface area contributed by atoms with Gasteiger partial charge in [-0.1, -0.05) is 13.0 Å².